The fourth-order valence-electron chi connectivity index (χ4n) is 3.16. The van der Waals surface area contributed by atoms with Crippen molar-refractivity contribution < 1.29 is 5.11 Å². The normalized spacial score (nSPS) is 12.7. The lowest BCUT2D eigenvalue weighted by Gasteiger charge is -2.18. The van der Waals surface area contributed by atoms with E-state index < -0.39 is 0 Å². The van der Waals surface area contributed by atoms with E-state index in [-0.39, 0.29) is 23.9 Å². The van der Waals surface area contributed by atoms with Crippen LogP contribution in [-0.2, 0) is 14.1 Å². The third-order valence-electron chi connectivity index (χ3n) is 4.66. The number of halogens is 1. The summed E-state index contributed by atoms with van der Waals surface area (Å²) < 4.78 is 4.44. The predicted octanol–water partition coefficient (Wildman–Crippen LogP) is 2.30. The summed E-state index contributed by atoms with van der Waals surface area (Å²) in [7, 11) is 3.11. The largest absolute Gasteiger partial charge is 0.394 e. The van der Waals surface area contributed by atoms with Crippen LogP contribution in [0, 0.1) is 0 Å². The van der Waals surface area contributed by atoms with E-state index in [9.17, 15) is 14.7 Å². The van der Waals surface area contributed by atoms with Crippen molar-refractivity contribution in [2.24, 2.45) is 14.1 Å². The summed E-state index contributed by atoms with van der Waals surface area (Å²) in [4.78, 5) is 25.1. The molecule has 0 aliphatic heterocycles. The highest BCUT2D eigenvalue weighted by Gasteiger charge is 2.22. The standard InChI is InChI=1S/C18H20ClN3O3/c1-4-13(10-23)22-9-14-15(17(24)21(3)18(25)20(14)2)16(22)11-5-7-12(19)8-6-11/h5-9,13,23H,4,10H2,1-3H3. The van der Waals surface area contributed by atoms with E-state index in [1.54, 1.807) is 25.4 Å². The highest BCUT2D eigenvalue weighted by Crippen LogP contribution is 2.32. The van der Waals surface area contributed by atoms with Crippen molar-refractivity contribution in [1.82, 2.24) is 13.7 Å². The van der Waals surface area contributed by atoms with Gasteiger partial charge in [0.2, 0.25) is 0 Å². The average molecular weight is 362 g/mol. The lowest BCUT2D eigenvalue weighted by atomic mass is 10.1. The summed E-state index contributed by atoms with van der Waals surface area (Å²) in [5, 5.41) is 10.8. The number of fused-ring (bicyclic) bond motifs is 1. The van der Waals surface area contributed by atoms with E-state index in [0.29, 0.717) is 28.0 Å². The molecule has 0 saturated carbocycles. The Kier molecular flexibility index (Phi) is 4.58. The van der Waals surface area contributed by atoms with Gasteiger partial charge in [-0.3, -0.25) is 13.9 Å². The van der Waals surface area contributed by atoms with Gasteiger partial charge in [-0.2, -0.15) is 0 Å². The minimum atomic E-state index is -0.380. The number of rotatable bonds is 4. The summed E-state index contributed by atoms with van der Waals surface area (Å²) in [6, 6.07) is 6.99. The van der Waals surface area contributed by atoms with E-state index in [1.807, 2.05) is 23.6 Å². The number of aryl methyl sites for hydroxylation is 1. The van der Waals surface area contributed by atoms with Gasteiger partial charge in [0.1, 0.15) is 0 Å². The van der Waals surface area contributed by atoms with E-state index in [1.165, 1.54) is 11.6 Å². The maximum absolute atomic E-state index is 12.8. The van der Waals surface area contributed by atoms with Gasteiger partial charge >= 0.3 is 5.69 Å². The minimum absolute atomic E-state index is 0.0632. The second-order valence-corrected chi connectivity index (χ2v) is 6.54. The lowest BCUT2D eigenvalue weighted by molar-refractivity contribution is 0.226. The van der Waals surface area contributed by atoms with Gasteiger partial charge in [0.05, 0.1) is 29.2 Å². The number of aliphatic hydroxyl groups is 1. The maximum atomic E-state index is 12.8. The number of benzene rings is 1. The molecular weight excluding hydrogens is 342 g/mol. The molecule has 0 radical (unpaired) electrons. The highest BCUT2D eigenvalue weighted by atomic mass is 35.5. The average Bonchev–Trinajstić information content (AvgIpc) is 3.00. The van der Waals surface area contributed by atoms with Crippen molar-refractivity contribution in [2.45, 2.75) is 19.4 Å². The van der Waals surface area contributed by atoms with Crippen molar-refractivity contribution in [3.05, 3.63) is 56.3 Å². The van der Waals surface area contributed by atoms with Crippen LogP contribution in [0.3, 0.4) is 0 Å². The van der Waals surface area contributed by atoms with Crippen molar-refractivity contribution in [1.29, 1.82) is 0 Å². The van der Waals surface area contributed by atoms with Crippen molar-refractivity contribution in [3.63, 3.8) is 0 Å². The topological polar surface area (TPSA) is 69.2 Å². The van der Waals surface area contributed by atoms with Crippen LogP contribution in [0.25, 0.3) is 22.2 Å². The zero-order chi connectivity index (χ0) is 18.3. The summed E-state index contributed by atoms with van der Waals surface area (Å²) in [6.45, 7) is 1.90. The smallest absolute Gasteiger partial charge is 0.330 e. The molecule has 0 saturated heterocycles. The van der Waals surface area contributed by atoms with Crippen LogP contribution < -0.4 is 11.2 Å². The molecule has 6 nitrogen and oxygen atoms in total. The Morgan fingerprint density at radius 2 is 1.76 bits per heavy atom. The first-order valence-electron chi connectivity index (χ1n) is 8.08. The van der Waals surface area contributed by atoms with Crippen LogP contribution in [-0.4, -0.2) is 25.4 Å². The molecule has 0 amide bonds. The Morgan fingerprint density at radius 1 is 1.12 bits per heavy atom. The Labute approximate surface area is 149 Å². The molecule has 0 fully saturated rings. The molecule has 1 atom stereocenters. The van der Waals surface area contributed by atoms with Gasteiger partial charge in [0.25, 0.3) is 5.56 Å². The van der Waals surface area contributed by atoms with E-state index >= 15 is 0 Å². The van der Waals surface area contributed by atoms with Crippen LogP contribution in [0.2, 0.25) is 5.02 Å². The Balaban J connectivity index is 2.50. The zero-order valence-electron chi connectivity index (χ0n) is 14.4. The Hall–Kier alpha value is -2.31. The first kappa shape index (κ1) is 17.5. The van der Waals surface area contributed by atoms with Gasteiger partial charge in [-0.05, 0) is 24.1 Å². The van der Waals surface area contributed by atoms with Gasteiger partial charge in [0.15, 0.2) is 0 Å². The highest BCUT2D eigenvalue weighted by molar-refractivity contribution is 6.30. The second-order valence-electron chi connectivity index (χ2n) is 6.10. The molecule has 0 bridgehead atoms. The van der Waals surface area contributed by atoms with Gasteiger partial charge < -0.3 is 9.67 Å². The second kappa shape index (κ2) is 6.54. The van der Waals surface area contributed by atoms with Crippen LogP contribution in [0.5, 0.6) is 0 Å². The van der Waals surface area contributed by atoms with Gasteiger partial charge in [-0.1, -0.05) is 30.7 Å². The Morgan fingerprint density at radius 3 is 2.32 bits per heavy atom. The third kappa shape index (κ3) is 2.71. The van der Waals surface area contributed by atoms with Gasteiger partial charge in [0, 0.05) is 25.3 Å². The Bertz CT molecular complexity index is 1040. The van der Waals surface area contributed by atoms with E-state index in [4.69, 9.17) is 11.6 Å². The zero-order valence-corrected chi connectivity index (χ0v) is 15.1. The molecule has 1 unspecified atom stereocenters. The molecule has 0 aliphatic carbocycles. The van der Waals surface area contributed by atoms with Crippen molar-refractivity contribution in [3.8, 4) is 11.3 Å². The van der Waals surface area contributed by atoms with Gasteiger partial charge in [-0.15, -0.1) is 0 Å². The molecule has 2 heterocycles. The molecule has 25 heavy (non-hydrogen) atoms. The predicted molar refractivity (Wildman–Crippen MR) is 99.3 cm³/mol. The molecule has 0 spiro atoms. The van der Waals surface area contributed by atoms with Crippen molar-refractivity contribution >= 4 is 22.5 Å². The fraction of sp³-hybridized carbons (Fsp3) is 0.333. The molecule has 132 valence electrons. The molecular formula is C18H20ClN3O3. The quantitative estimate of drug-likeness (QED) is 0.775. The van der Waals surface area contributed by atoms with Crippen LogP contribution in [0.1, 0.15) is 19.4 Å². The summed E-state index contributed by atoms with van der Waals surface area (Å²) in [5.74, 6) is 0. The molecule has 0 aliphatic rings. The number of aliphatic hydroxyl groups excluding tert-OH is 1. The molecule has 3 rings (SSSR count). The summed E-state index contributed by atoms with van der Waals surface area (Å²) in [6.07, 6.45) is 2.46. The molecule has 7 heteroatoms. The molecule has 3 aromatic rings. The number of aromatic nitrogens is 3. The first-order valence-corrected chi connectivity index (χ1v) is 8.45. The van der Waals surface area contributed by atoms with E-state index in [0.717, 1.165) is 10.1 Å². The SMILES string of the molecule is CCC(CO)n1cc2c(c1-c1ccc(Cl)cc1)c(=O)n(C)c(=O)n2C. The van der Waals surface area contributed by atoms with Crippen molar-refractivity contribution in [2.75, 3.05) is 6.61 Å². The molecule has 2 aromatic heterocycles. The number of nitrogens with zero attached hydrogens (tertiary/aromatic N) is 3. The number of hydrogen-bond acceptors (Lipinski definition) is 3. The van der Waals surface area contributed by atoms with Gasteiger partial charge in [-0.25, -0.2) is 4.79 Å². The van der Waals surface area contributed by atoms with Crippen LogP contribution in [0.15, 0.2) is 40.1 Å². The van der Waals surface area contributed by atoms with Crippen LogP contribution >= 0.6 is 11.6 Å². The monoisotopic (exact) mass is 361 g/mol. The lowest BCUT2D eigenvalue weighted by Crippen LogP contribution is -2.36. The maximum Gasteiger partial charge on any atom is 0.330 e. The minimum Gasteiger partial charge on any atom is -0.394 e. The van der Waals surface area contributed by atoms with E-state index in [2.05, 4.69) is 0 Å². The summed E-state index contributed by atoms with van der Waals surface area (Å²) in [5.41, 5.74) is 1.31. The fourth-order valence-corrected chi connectivity index (χ4v) is 3.29. The molecule has 1 aromatic carbocycles. The molecule has 1 N–H and O–H groups in total. The first-order chi connectivity index (χ1) is 11.9. The number of hydrogen-bond donors (Lipinski definition) is 1. The summed E-state index contributed by atoms with van der Waals surface area (Å²) >= 11 is 5.99. The third-order valence-corrected chi connectivity index (χ3v) is 4.91. The van der Waals surface area contributed by atoms with Crippen LogP contribution in [0.4, 0.5) is 0 Å².